The van der Waals surface area contributed by atoms with E-state index >= 15 is 0 Å². The summed E-state index contributed by atoms with van der Waals surface area (Å²) in [4.78, 5) is 24.2. The summed E-state index contributed by atoms with van der Waals surface area (Å²) in [7, 11) is 0. The number of nitrogens with one attached hydrogen (secondary N) is 1. The number of aliphatic imine (C=N–C) groups is 1. The van der Waals surface area contributed by atoms with Crippen LogP contribution in [-0.2, 0) is 17.5 Å². The number of alkyl halides is 2. The molecule has 4 heterocycles. The second-order valence-electron chi connectivity index (χ2n) is 12.1. The summed E-state index contributed by atoms with van der Waals surface area (Å²) in [5.41, 5.74) is 12.5. The number of rotatable bonds is 8. The van der Waals surface area contributed by atoms with Gasteiger partial charge in [0.1, 0.15) is 23.0 Å². The Morgan fingerprint density at radius 3 is 1.92 bits per heavy atom. The molecular weight excluding hydrogens is 672 g/mol. The van der Waals surface area contributed by atoms with Gasteiger partial charge >= 0.3 is 6.55 Å². The summed E-state index contributed by atoms with van der Waals surface area (Å²) in [6.07, 6.45) is 4.04. The zero-order valence-corrected chi connectivity index (χ0v) is 27.8. The van der Waals surface area contributed by atoms with Crippen LogP contribution < -0.4 is 22.3 Å². The van der Waals surface area contributed by atoms with Crippen molar-refractivity contribution in [3.63, 3.8) is 0 Å². The van der Waals surface area contributed by atoms with Crippen LogP contribution in [0, 0.1) is 23.5 Å². The van der Waals surface area contributed by atoms with E-state index < -0.39 is 53.0 Å². The van der Waals surface area contributed by atoms with E-state index in [4.69, 9.17) is 11.5 Å². The molecule has 14 heteroatoms. The highest BCUT2D eigenvalue weighted by atomic mass is 19.3. The van der Waals surface area contributed by atoms with Gasteiger partial charge in [-0.15, -0.1) is 0 Å². The normalized spacial score (nSPS) is 18.7. The minimum absolute atomic E-state index is 0.225. The van der Waals surface area contributed by atoms with Crippen LogP contribution in [0.4, 0.5) is 26.3 Å². The maximum absolute atomic E-state index is 13.6. The van der Waals surface area contributed by atoms with Crippen molar-refractivity contribution >= 4 is 5.84 Å². The van der Waals surface area contributed by atoms with Crippen molar-refractivity contribution < 1.29 is 26.3 Å². The monoisotopic (exact) mass is 707 g/mol. The summed E-state index contributed by atoms with van der Waals surface area (Å²) in [5.74, 6) is -1.74. The van der Waals surface area contributed by atoms with Gasteiger partial charge in [-0.05, 0) is 79.4 Å². The topological polar surface area (TPSA) is 124 Å². The summed E-state index contributed by atoms with van der Waals surface area (Å²) in [6.45, 7) is 2.24. The Bertz CT molecular complexity index is 1960. The zero-order chi connectivity index (χ0) is 37.1. The van der Waals surface area contributed by atoms with Crippen molar-refractivity contribution in [2.24, 2.45) is 16.5 Å². The molecule has 5 aromatic rings. The van der Waals surface area contributed by atoms with Gasteiger partial charge < -0.3 is 16.8 Å². The maximum Gasteiger partial charge on any atom is 0.321 e. The lowest BCUT2D eigenvalue weighted by molar-refractivity contribution is 0.0660. The molecule has 0 fully saturated rings. The average Bonchev–Trinajstić information content (AvgIpc) is 3.46. The van der Waals surface area contributed by atoms with Gasteiger partial charge in [0.15, 0.2) is 0 Å². The van der Waals surface area contributed by atoms with Crippen molar-refractivity contribution in [3.05, 3.63) is 165 Å². The maximum atomic E-state index is 13.6. The van der Waals surface area contributed by atoms with E-state index in [0.717, 1.165) is 6.20 Å². The largest absolute Gasteiger partial charge is 0.354 e. The number of nitrogens with zero attached hydrogens (tertiary/aromatic N) is 4. The van der Waals surface area contributed by atoms with E-state index in [1.165, 1.54) is 60.9 Å². The van der Waals surface area contributed by atoms with E-state index in [1.807, 2.05) is 0 Å². The van der Waals surface area contributed by atoms with E-state index in [9.17, 15) is 31.1 Å². The molecule has 0 saturated carbocycles. The van der Waals surface area contributed by atoms with Gasteiger partial charge in [-0.2, -0.15) is 17.6 Å². The summed E-state index contributed by atoms with van der Waals surface area (Å²) in [5, 5.41) is 3.28. The number of amidine groups is 1. The molecule has 0 saturated heterocycles. The number of halogens is 6. The quantitative estimate of drug-likeness (QED) is 0.133. The number of hydrogen-bond acceptors (Lipinski definition) is 7. The van der Waals surface area contributed by atoms with Crippen LogP contribution >= 0.6 is 0 Å². The van der Waals surface area contributed by atoms with Crippen molar-refractivity contribution in [2.75, 3.05) is 0 Å². The molecule has 0 aliphatic carbocycles. The number of benzene rings is 2. The van der Waals surface area contributed by atoms with Crippen LogP contribution in [0.15, 0.2) is 107 Å². The molecule has 266 valence electrons. The number of pyridine rings is 3. The number of aromatic nitrogens is 3. The van der Waals surface area contributed by atoms with Gasteiger partial charge in [0.05, 0.1) is 11.6 Å². The van der Waals surface area contributed by atoms with Gasteiger partial charge in [0.25, 0.3) is 5.56 Å². The van der Waals surface area contributed by atoms with Crippen LogP contribution in [0.25, 0.3) is 0 Å². The Morgan fingerprint density at radius 1 is 0.863 bits per heavy atom. The molecule has 8 nitrogen and oxygen atoms in total. The molecule has 51 heavy (non-hydrogen) atoms. The second kappa shape index (κ2) is 14.9. The van der Waals surface area contributed by atoms with Crippen molar-refractivity contribution in [3.8, 4) is 0 Å². The standard InChI is InChI=1S/C23H20F4N4O.C14H15F2N3/c1-3-14-10-15(12-31(21(14)32)22(26)27)20-29-13(2)23(30-20,16-4-7-18(24)8-5-16)17-6-9-19(25)28-11-17;1-9(17)14(18,10-2-5-12(15)6-3-10)11-4-7-13(16)19-8-11/h4-13,22H,3H2,1-2H3,(H,29,30);2-9H,17-18H2,1H3/t13-,23-;9-,14-/m00/s1. The number of hydrogen-bond donors (Lipinski definition) is 3. The third-order valence-electron chi connectivity index (χ3n) is 8.97. The summed E-state index contributed by atoms with van der Waals surface area (Å²) >= 11 is 0. The lowest BCUT2D eigenvalue weighted by atomic mass is 9.79. The molecule has 0 spiro atoms. The van der Waals surface area contributed by atoms with E-state index in [1.54, 1.807) is 51.1 Å². The predicted octanol–water partition coefficient (Wildman–Crippen LogP) is 6.07. The first kappa shape index (κ1) is 36.9. The second-order valence-corrected chi connectivity index (χ2v) is 12.1. The summed E-state index contributed by atoms with van der Waals surface area (Å²) in [6, 6.07) is 17.6. The van der Waals surface area contributed by atoms with Crippen molar-refractivity contribution in [1.82, 2.24) is 19.9 Å². The van der Waals surface area contributed by atoms with Gasteiger partial charge in [-0.3, -0.25) is 14.4 Å². The zero-order valence-electron chi connectivity index (χ0n) is 27.8. The Labute approximate surface area is 289 Å². The van der Waals surface area contributed by atoms with Gasteiger partial charge in [0.2, 0.25) is 11.9 Å². The molecule has 2 aromatic carbocycles. The van der Waals surface area contributed by atoms with E-state index in [0.29, 0.717) is 32.4 Å². The molecule has 0 bridgehead atoms. The lowest BCUT2D eigenvalue weighted by Crippen LogP contribution is -2.51. The highest BCUT2D eigenvalue weighted by Gasteiger charge is 2.45. The van der Waals surface area contributed by atoms with Crippen molar-refractivity contribution in [2.45, 2.75) is 56.9 Å². The Kier molecular flexibility index (Phi) is 10.8. The molecule has 1 aliphatic rings. The molecular formula is C37H35F6N7O. The van der Waals surface area contributed by atoms with E-state index in [2.05, 4.69) is 20.3 Å². The third-order valence-corrected chi connectivity index (χ3v) is 8.97. The minimum Gasteiger partial charge on any atom is -0.354 e. The van der Waals surface area contributed by atoms with Gasteiger partial charge in [-0.25, -0.2) is 18.7 Å². The number of nitrogens with two attached hydrogens (primary N) is 2. The fourth-order valence-electron chi connectivity index (χ4n) is 6.10. The van der Waals surface area contributed by atoms with Crippen LogP contribution in [0.1, 0.15) is 60.7 Å². The van der Waals surface area contributed by atoms with Gasteiger partial charge in [0, 0.05) is 41.3 Å². The Morgan fingerprint density at radius 2 is 1.41 bits per heavy atom. The summed E-state index contributed by atoms with van der Waals surface area (Å²) < 4.78 is 80.3. The Balaban J connectivity index is 0.000000226. The average molecular weight is 708 g/mol. The molecule has 0 radical (unpaired) electrons. The molecule has 3 aromatic heterocycles. The van der Waals surface area contributed by atoms with Crippen LogP contribution in [0.5, 0.6) is 0 Å². The van der Waals surface area contributed by atoms with Crippen LogP contribution in [-0.4, -0.2) is 32.5 Å². The molecule has 5 N–H and O–H groups in total. The molecule has 0 amide bonds. The molecule has 6 rings (SSSR count). The van der Waals surface area contributed by atoms with Crippen LogP contribution in [0.3, 0.4) is 0 Å². The van der Waals surface area contributed by atoms with Crippen molar-refractivity contribution in [1.29, 1.82) is 0 Å². The third kappa shape index (κ3) is 7.28. The lowest BCUT2D eigenvalue weighted by Gasteiger charge is -2.34. The molecule has 4 atom stereocenters. The van der Waals surface area contributed by atoms with E-state index in [-0.39, 0.29) is 23.6 Å². The SMILES string of the molecule is CCc1cc(C2=N[C@@H](C)[C@](c3ccc(F)cc3)(c3ccc(F)nc3)N2)cn(C(F)F)c1=O.C[C@H](N)[C@](N)(c1ccc(F)cc1)c1ccc(F)nc1. The minimum atomic E-state index is -3.00. The first-order chi connectivity index (χ1) is 24.2. The van der Waals surface area contributed by atoms with Gasteiger partial charge in [-0.1, -0.05) is 43.3 Å². The Hall–Kier alpha value is -5.34. The fraction of sp³-hybridized carbons (Fsp3) is 0.243. The van der Waals surface area contributed by atoms with Crippen LogP contribution in [0.2, 0.25) is 0 Å². The first-order valence-electron chi connectivity index (χ1n) is 15.9. The smallest absolute Gasteiger partial charge is 0.321 e. The molecule has 1 aliphatic heterocycles. The first-order valence-corrected chi connectivity index (χ1v) is 15.9. The fourth-order valence-corrected chi connectivity index (χ4v) is 6.10. The number of aryl methyl sites for hydroxylation is 1. The highest BCUT2D eigenvalue weighted by molar-refractivity contribution is 6.01. The molecule has 0 unspecified atom stereocenters. The highest BCUT2D eigenvalue weighted by Crippen LogP contribution is 2.39. The predicted molar refractivity (Wildman–Crippen MR) is 181 cm³/mol.